The van der Waals surface area contributed by atoms with Gasteiger partial charge in [0.05, 0.1) is 6.10 Å². The van der Waals surface area contributed by atoms with Gasteiger partial charge in [-0.15, -0.1) is 0 Å². The SMILES string of the molecule is CC(C)CNC(=O)N1CCCC(C(C)O)C1. The van der Waals surface area contributed by atoms with E-state index in [0.29, 0.717) is 19.0 Å². The van der Waals surface area contributed by atoms with Gasteiger partial charge in [0.15, 0.2) is 0 Å². The fourth-order valence-electron chi connectivity index (χ4n) is 1.99. The Morgan fingerprint density at radius 2 is 2.19 bits per heavy atom. The number of urea groups is 1. The molecule has 4 nitrogen and oxygen atoms in total. The summed E-state index contributed by atoms with van der Waals surface area (Å²) in [5, 5.41) is 12.5. The summed E-state index contributed by atoms with van der Waals surface area (Å²) in [6, 6.07) is 0.0130. The second kappa shape index (κ2) is 6.09. The number of carbonyl (C=O) groups excluding carboxylic acids is 1. The van der Waals surface area contributed by atoms with E-state index in [4.69, 9.17) is 0 Å². The van der Waals surface area contributed by atoms with Crippen molar-refractivity contribution in [3.63, 3.8) is 0 Å². The van der Waals surface area contributed by atoms with Crippen molar-refractivity contribution in [1.29, 1.82) is 0 Å². The first-order chi connectivity index (χ1) is 7.50. The molecule has 1 aliphatic rings. The molecule has 1 saturated heterocycles. The molecule has 1 rings (SSSR count). The average Bonchev–Trinajstić information content (AvgIpc) is 2.26. The molecule has 0 spiro atoms. The first kappa shape index (κ1) is 13.3. The Kier molecular flexibility index (Phi) is 5.06. The van der Waals surface area contributed by atoms with Crippen molar-refractivity contribution in [3.05, 3.63) is 0 Å². The second-order valence-corrected chi connectivity index (χ2v) is 5.17. The Bertz CT molecular complexity index is 229. The Balaban J connectivity index is 2.38. The number of amides is 2. The molecule has 0 aromatic carbocycles. The highest BCUT2D eigenvalue weighted by atomic mass is 16.3. The maximum Gasteiger partial charge on any atom is 0.317 e. The monoisotopic (exact) mass is 228 g/mol. The highest BCUT2D eigenvalue weighted by Gasteiger charge is 2.26. The van der Waals surface area contributed by atoms with E-state index >= 15 is 0 Å². The van der Waals surface area contributed by atoms with Gasteiger partial charge in [0.2, 0.25) is 0 Å². The zero-order chi connectivity index (χ0) is 12.1. The molecule has 4 heteroatoms. The third-order valence-corrected chi connectivity index (χ3v) is 3.09. The quantitative estimate of drug-likeness (QED) is 0.768. The van der Waals surface area contributed by atoms with Crippen LogP contribution in [0.1, 0.15) is 33.6 Å². The number of hydrogen-bond donors (Lipinski definition) is 2. The van der Waals surface area contributed by atoms with Gasteiger partial charge < -0.3 is 15.3 Å². The van der Waals surface area contributed by atoms with Crippen LogP contribution >= 0.6 is 0 Å². The van der Waals surface area contributed by atoms with Crippen LogP contribution < -0.4 is 5.32 Å². The number of nitrogens with one attached hydrogen (secondary N) is 1. The normalized spacial score (nSPS) is 23.3. The van der Waals surface area contributed by atoms with E-state index < -0.39 is 0 Å². The van der Waals surface area contributed by atoms with Gasteiger partial charge >= 0.3 is 6.03 Å². The van der Waals surface area contributed by atoms with Gasteiger partial charge in [0.1, 0.15) is 0 Å². The molecule has 94 valence electrons. The lowest BCUT2D eigenvalue weighted by Crippen LogP contribution is -2.48. The van der Waals surface area contributed by atoms with Crippen molar-refractivity contribution in [2.45, 2.75) is 39.7 Å². The molecular weight excluding hydrogens is 204 g/mol. The minimum atomic E-state index is -0.319. The predicted octanol–water partition coefficient (Wildman–Crippen LogP) is 1.44. The largest absolute Gasteiger partial charge is 0.393 e. The number of nitrogens with zero attached hydrogens (tertiary/aromatic N) is 1. The van der Waals surface area contributed by atoms with Crippen LogP contribution in [0.2, 0.25) is 0 Å². The van der Waals surface area contributed by atoms with Crippen LogP contribution in [0.15, 0.2) is 0 Å². The Morgan fingerprint density at radius 3 is 2.75 bits per heavy atom. The summed E-state index contributed by atoms with van der Waals surface area (Å²) in [4.78, 5) is 13.6. The Hall–Kier alpha value is -0.770. The number of likely N-dealkylation sites (tertiary alicyclic amines) is 1. The zero-order valence-electron chi connectivity index (χ0n) is 10.6. The van der Waals surface area contributed by atoms with E-state index in [-0.39, 0.29) is 18.1 Å². The van der Waals surface area contributed by atoms with Crippen molar-refractivity contribution in [3.8, 4) is 0 Å². The van der Waals surface area contributed by atoms with Crippen LogP contribution in [0.25, 0.3) is 0 Å². The molecule has 0 aromatic heterocycles. The van der Waals surface area contributed by atoms with Gasteiger partial charge in [-0.05, 0) is 25.7 Å². The third-order valence-electron chi connectivity index (χ3n) is 3.09. The molecule has 0 bridgehead atoms. The highest BCUT2D eigenvalue weighted by Crippen LogP contribution is 2.19. The van der Waals surface area contributed by atoms with Crippen LogP contribution in [0.3, 0.4) is 0 Å². The number of piperidine rings is 1. The smallest absolute Gasteiger partial charge is 0.317 e. The summed E-state index contributed by atoms with van der Waals surface area (Å²) in [7, 11) is 0. The standard InChI is InChI=1S/C12H24N2O2/c1-9(2)7-13-12(16)14-6-4-5-11(8-14)10(3)15/h9-11,15H,4-8H2,1-3H3,(H,13,16). The number of carbonyl (C=O) groups is 1. The molecule has 1 fully saturated rings. The molecule has 2 unspecified atom stereocenters. The summed E-state index contributed by atoms with van der Waals surface area (Å²) in [6.07, 6.45) is 1.69. The Morgan fingerprint density at radius 1 is 1.50 bits per heavy atom. The van der Waals surface area contributed by atoms with Gasteiger partial charge in [-0.1, -0.05) is 13.8 Å². The molecule has 0 saturated carbocycles. The summed E-state index contributed by atoms with van der Waals surface area (Å²) in [6.45, 7) is 8.17. The molecular formula is C12H24N2O2. The number of aliphatic hydroxyl groups is 1. The van der Waals surface area contributed by atoms with E-state index in [0.717, 1.165) is 19.4 Å². The molecule has 2 N–H and O–H groups in total. The van der Waals surface area contributed by atoms with Gasteiger partial charge in [-0.3, -0.25) is 0 Å². The molecule has 0 aliphatic carbocycles. The van der Waals surface area contributed by atoms with Crippen molar-refractivity contribution < 1.29 is 9.90 Å². The minimum absolute atomic E-state index is 0.0130. The van der Waals surface area contributed by atoms with Crippen LogP contribution in [0.5, 0.6) is 0 Å². The van der Waals surface area contributed by atoms with E-state index in [1.807, 2.05) is 4.90 Å². The zero-order valence-corrected chi connectivity index (χ0v) is 10.6. The maximum atomic E-state index is 11.8. The maximum absolute atomic E-state index is 11.8. The second-order valence-electron chi connectivity index (χ2n) is 5.17. The van der Waals surface area contributed by atoms with Crippen LogP contribution in [0.4, 0.5) is 4.79 Å². The van der Waals surface area contributed by atoms with E-state index in [9.17, 15) is 9.90 Å². The summed E-state index contributed by atoms with van der Waals surface area (Å²) in [5.41, 5.74) is 0. The number of rotatable bonds is 3. The number of hydrogen-bond acceptors (Lipinski definition) is 2. The third kappa shape index (κ3) is 4.00. The van der Waals surface area contributed by atoms with Gasteiger partial charge in [0.25, 0.3) is 0 Å². The van der Waals surface area contributed by atoms with Gasteiger partial charge in [-0.2, -0.15) is 0 Å². The molecule has 1 aliphatic heterocycles. The van der Waals surface area contributed by atoms with E-state index in [1.165, 1.54) is 0 Å². The van der Waals surface area contributed by atoms with E-state index in [2.05, 4.69) is 19.2 Å². The first-order valence-corrected chi connectivity index (χ1v) is 6.21. The molecule has 2 amide bonds. The summed E-state index contributed by atoms with van der Waals surface area (Å²) in [5.74, 6) is 0.708. The lowest BCUT2D eigenvalue weighted by molar-refractivity contribution is 0.0738. The molecule has 1 heterocycles. The van der Waals surface area contributed by atoms with Gasteiger partial charge in [-0.25, -0.2) is 4.79 Å². The Labute approximate surface area is 98.0 Å². The van der Waals surface area contributed by atoms with Crippen LogP contribution in [-0.2, 0) is 0 Å². The molecule has 0 radical (unpaired) electrons. The topological polar surface area (TPSA) is 52.6 Å². The van der Waals surface area contributed by atoms with Crippen LogP contribution in [-0.4, -0.2) is 41.8 Å². The lowest BCUT2D eigenvalue weighted by Gasteiger charge is -2.34. The first-order valence-electron chi connectivity index (χ1n) is 6.21. The molecule has 0 aromatic rings. The van der Waals surface area contributed by atoms with Crippen molar-refractivity contribution >= 4 is 6.03 Å². The molecule has 2 atom stereocenters. The highest BCUT2D eigenvalue weighted by molar-refractivity contribution is 5.74. The lowest BCUT2D eigenvalue weighted by atomic mass is 9.94. The molecule has 16 heavy (non-hydrogen) atoms. The van der Waals surface area contributed by atoms with Crippen molar-refractivity contribution in [1.82, 2.24) is 10.2 Å². The van der Waals surface area contributed by atoms with E-state index in [1.54, 1.807) is 6.92 Å². The van der Waals surface area contributed by atoms with Gasteiger partial charge in [0, 0.05) is 25.6 Å². The fraction of sp³-hybridized carbons (Fsp3) is 0.917. The van der Waals surface area contributed by atoms with Crippen LogP contribution in [0, 0.1) is 11.8 Å². The average molecular weight is 228 g/mol. The number of aliphatic hydroxyl groups excluding tert-OH is 1. The summed E-state index contributed by atoms with van der Waals surface area (Å²) >= 11 is 0. The summed E-state index contributed by atoms with van der Waals surface area (Å²) < 4.78 is 0. The predicted molar refractivity (Wildman–Crippen MR) is 64.2 cm³/mol. The van der Waals surface area contributed by atoms with Crippen molar-refractivity contribution in [2.24, 2.45) is 11.8 Å². The minimum Gasteiger partial charge on any atom is -0.393 e. The van der Waals surface area contributed by atoms with Crippen molar-refractivity contribution in [2.75, 3.05) is 19.6 Å². The fourth-order valence-corrected chi connectivity index (χ4v) is 1.99.